The van der Waals surface area contributed by atoms with Gasteiger partial charge in [0.2, 0.25) is 9.84 Å². The number of aromatic nitrogens is 1. The Bertz CT molecular complexity index is 1150. The van der Waals surface area contributed by atoms with Gasteiger partial charge in [-0.2, -0.15) is 0 Å². The van der Waals surface area contributed by atoms with Gasteiger partial charge in [0.05, 0.1) is 9.79 Å². The highest BCUT2D eigenvalue weighted by molar-refractivity contribution is 7.91. The Balaban J connectivity index is 1.67. The van der Waals surface area contributed by atoms with E-state index in [2.05, 4.69) is 20.4 Å². The van der Waals surface area contributed by atoms with Crippen LogP contribution in [0, 0.1) is 0 Å². The maximum atomic E-state index is 12.7. The molecular weight excluding hydrogens is 435 g/mol. The molecule has 1 heterocycles. The maximum absolute atomic E-state index is 12.7. The molecule has 3 aromatic rings. The normalized spacial score (nSPS) is 11.6. The Morgan fingerprint density at radius 2 is 1.74 bits per heavy atom. The Hall–Kier alpha value is -3.60. The quantitative estimate of drug-likeness (QED) is 0.587. The lowest BCUT2D eigenvalue weighted by atomic mass is 10.3. The van der Waals surface area contributed by atoms with E-state index in [-0.39, 0.29) is 16.3 Å². The van der Waals surface area contributed by atoms with Crippen LogP contribution in [0.3, 0.4) is 0 Å². The van der Waals surface area contributed by atoms with E-state index in [1.807, 2.05) is 0 Å². The number of carbonyl (C=O) groups excluding carboxylic acids is 1. The van der Waals surface area contributed by atoms with Gasteiger partial charge in [-0.05, 0) is 54.1 Å². The Kier molecular flexibility index (Phi) is 6.44. The number of hydrogen-bond donors (Lipinski definition) is 2. The Morgan fingerprint density at radius 1 is 1.00 bits per heavy atom. The number of hydrogen-bond acceptors (Lipinski definition) is 5. The number of anilines is 1. The number of urea groups is 1. The van der Waals surface area contributed by atoms with E-state index < -0.39 is 28.0 Å². The molecule has 7 nitrogen and oxygen atoms in total. The molecule has 162 valence electrons. The minimum absolute atomic E-state index is 0.155. The first-order chi connectivity index (χ1) is 14.6. The van der Waals surface area contributed by atoms with Gasteiger partial charge in [0.1, 0.15) is 5.75 Å². The van der Waals surface area contributed by atoms with Crippen molar-refractivity contribution in [1.82, 2.24) is 10.3 Å². The number of benzene rings is 2. The van der Waals surface area contributed by atoms with Gasteiger partial charge in [0.15, 0.2) is 0 Å². The second-order valence-electron chi connectivity index (χ2n) is 6.22. The minimum Gasteiger partial charge on any atom is -0.406 e. The van der Waals surface area contributed by atoms with Crippen molar-refractivity contribution < 1.29 is 31.1 Å². The topological polar surface area (TPSA) is 97.4 Å². The number of ether oxygens (including phenoxy) is 1. The lowest BCUT2D eigenvalue weighted by molar-refractivity contribution is -0.274. The van der Waals surface area contributed by atoms with Crippen LogP contribution in [-0.4, -0.2) is 25.8 Å². The first-order valence-electron chi connectivity index (χ1n) is 8.78. The molecule has 3 rings (SSSR count). The van der Waals surface area contributed by atoms with Crippen LogP contribution >= 0.6 is 0 Å². The molecule has 2 N–H and O–H groups in total. The van der Waals surface area contributed by atoms with E-state index in [4.69, 9.17) is 0 Å². The van der Waals surface area contributed by atoms with E-state index in [0.29, 0.717) is 5.69 Å². The molecule has 0 aliphatic rings. The van der Waals surface area contributed by atoms with Crippen molar-refractivity contribution in [1.29, 1.82) is 0 Å². The molecule has 1 aromatic heterocycles. The summed E-state index contributed by atoms with van der Waals surface area (Å²) in [7, 11) is -4.09. The first-order valence-corrected chi connectivity index (χ1v) is 10.3. The summed E-state index contributed by atoms with van der Waals surface area (Å²) in [4.78, 5) is 15.4. The van der Waals surface area contributed by atoms with Crippen LogP contribution in [0.1, 0.15) is 5.56 Å². The average molecular weight is 451 g/mol. The van der Waals surface area contributed by atoms with Crippen molar-refractivity contribution in [2.45, 2.75) is 22.7 Å². The van der Waals surface area contributed by atoms with Gasteiger partial charge in [-0.15, -0.1) is 13.2 Å². The fourth-order valence-corrected chi connectivity index (χ4v) is 3.85. The molecule has 0 aliphatic heterocycles. The summed E-state index contributed by atoms with van der Waals surface area (Å²) in [5, 5.41) is 5.18. The summed E-state index contributed by atoms with van der Waals surface area (Å²) < 4.78 is 66.3. The van der Waals surface area contributed by atoms with E-state index in [1.165, 1.54) is 24.3 Å². The second kappa shape index (κ2) is 9.04. The van der Waals surface area contributed by atoms with Crippen LogP contribution in [0.15, 0.2) is 82.8 Å². The van der Waals surface area contributed by atoms with Gasteiger partial charge in [0, 0.05) is 24.6 Å². The molecule has 0 unspecified atom stereocenters. The molecule has 0 saturated carbocycles. The zero-order valence-corrected chi connectivity index (χ0v) is 16.6. The number of sulfone groups is 1. The van der Waals surface area contributed by atoms with Crippen molar-refractivity contribution in [3.05, 3.63) is 78.6 Å². The standard InChI is InChI=1S/C20H16F3N3O4S/c21-20(22,23)30-16-4-1-5-18(11-16)31(28,29)17-8-6-15(7-9-17)26-19(27)25-13-14-3-2-10-24-12-14/h1-12H,13H2,(H2,25,26,27). The highest BCUT2D eigenvalue weighted by atomic mass is 32.2. The number of rotatable bonds is 6. The van der Waals surface area contributed by atoms with Gasteiger partial charge < -0.3 is 15.4 Å². The van der Waals surface area contributed by atoms with Gasteiger partial charge in [0.25, 0.3) is 0 Å². The molecule has 0 atom stereocenters. The smallest absolute Gasteiger partial charge is 0.406 e. The predicted molar refractivity (Wildman–Crippen MR) is 105 cm³/mol. The maximum Gasteiger partial charge on any atom is 0.573 e. The molecule has 0 aliphatic carbocycles. The highest BCUT2D eigenvalue weighted by Crippen LogP contribution is 2.28. The molecule has 0 fully saturated rings. The first kappa shape index (κ1) is 22.1. The monoisotopic (exact) mass is 451 g/mol. The molecule has 0 spiro atoms. The van der Waals surface area contributed by atoms with Crippen LogP contribution in [-0.2, 0) is 16.4 Å². The molecule has 0 radical (unpaired) electrons. The molecule has 2 amide bonds. The summed E-state index contributed by atoms with van der Waals surface area (Å²) in [6.07, 6.45) is -1.72. The molecular formula is C20H16F3N3O4S. The van der Waals surface area contributed by atoms with Crippen molar-refractivity contribution in [3.8, 4) is 5.75 Å². The summed E-state index contributed by atoms with van der Waals surface area (Å²) in [6.45, 7) is 0.252. The SMILES string of the molecule is O=C(NCc1cccnc1)Nc1ccc(S(=O)(=O)c2cccc(OC(F)(F)F)c2)cc1. The van der Waals surface area contributed by atoms with E-state index in [1.54, 1.807) is 24.5 Å². The summed E-state index contributed by atoms with van der Waals surface area (Å²) >= 11 is 0. The number of amides is 2. The zero-order chi connectivity index (χ0) is 22.5. The van der Waals surface area contributed by atoms with Crippen LogP contribution in [0.5, 0.6) is 5.75 Å². The highest BCUT2D eigenvalue weighted by Gasteiger charge is 2.31. The van der Waals surface area contributed by atoms with Crippen molar-refractivity contribution in [2.75, 3.05) is 5.32 Å². The van der Waals surface area contributed by atoms with E-state index in [9.17, 15) is 26.4 Å². The summed E-state index contributed by atoms with van der Waals surface area (Å²) in [5.74, 6) is -0.642. The molecule has 2 aromatic carbocycles. The third kappa shape index (κ3) is 6.19. The number of nitrogens with zero attached hydrogens (tertiary/aromatic N) is 1. The Labute approximate surface area is 175 Å². The zero-order valence-electron chi connectivity index (χ0n) is 15.8. The van der Waals surface area contributed by atoms with Crippen LogP contribution in [0.25, 0.3) is 0 Å². The van der Waals surface area contributed by atoms with Gasteiger partial charge in [-0.25, -0.2) is 13.2 Å². The van der Waals surface area contributed by atoms with E-state index in [0.717, 1.165) is 29.8 Å². The largest absolute Gasteiger partial charge is 0.573 e. The van der Waals surface area contributed by atoms with Crippen molar-refractivity contribution >= 4 is 21.6 Å². The average Bonchev–Trinajstić information content (AvgIpc) is 2.72. The van der Waals surface area contributed by atoms with Crippen LogP contribution in [0.2, 0.25) is 0 Å². The number of pyridine rings is 1. The fraction of sp³-hybridized carbons (Fsp3) is 0.100. The lowest BCUT2D eigenvalue weighted by Crippen LogP contribution is -2.28. The molecule has 11 heteroatoms. The number of halogens is 3. The Morgan fingerprint density at radius 3 is 2.39 bits per heavy atom. The molecule has 0 bridgehead atoms. The number of alkyl halides is 3. The van der Waals surface area contributed by atoms with Gasteiger partial charge >= 0.3 is 12.4 Å². The van der Waals surface area contributed by atoms with Crippen molar-refractivity contribution in [3.63, 3.8) is 0 Å². The molecule has 0 saturated heterocycles. The predicted octanol–water partition coefficient (Wildman–Crippen LogP) is 4.13. The molecule has 31 heavy (non-hydrogen) atoms. The van der Waals surface area contributed by atoms with Crippen LogP contribution < -0.4 is 15.4 Å². The van der Waals surface area contributed by atoms with Crippen molar-refractivity contribution in [2.24, 2.45) is 0 Å². The third-order valence-electron chi connectivity index (χ3n) is 3.95. The summed E-state index contributed by atoms with van der Waals surface area (Å²) in [6, 6.07) is 12.3. The van der Waals surface area contributed by atoms with E-state index >= 15 is 0 Å². The number of nitrogens with one attached hydrogen (secondary N) is 2. The number of carbonyl (C=O) groups is 1. The third-order valence-corrected chi connectivity index (χ3v) is 5.72. The summed E-state index contributed by atoms with van der Waals surface area (Å²) in [5.41, 5.74) is 1.13. The van der Waals surface area contributed by atoms with Crippen LogP contribution in [0.4, 0.5) is 23.7 Å². The van der Waals surface area contributed by atoms with Gasteiger partial charge in [-0.1, -0.05) is 12.1 Å². The lowest BCUT2D eigenvalue weighted by Gasteiger charge is -2.11. The minimum atomic E-state index is -4.94. The van der Waals surface area contributed by atoms with Gasteiger partial charge in [-0.3, -0.25) is 4.98 Å². The fourth-order valence-electron chi connectivity index (χ4n) is 2.55. The second-order valence-corrected chi connectivity index (χ2v) is 8.17.